The molecule has 0 aromatic heterocycles. The number of nitrogens with zero attached hydrogens (tertiary/aromatic N) is 2. The zero-order valence-electron chi connectivity index (χ0n) is 12.7. The van der Waals surface area contributed by atoms with E-state index in [4.69, 9.17) is 18.0 Å². The number of thiocarbonyl (C=S) groups is 1. The highest BCUT2D eigenvalue weighted by atomic mass is 32.2. The Labute approximate surface area is 128 Å². The molecule has 1 rings (SSSR count). The van der Waals surface area contributed by atoms with Crippen LogP contribution in [0.5, 0.6) is 0 Å². The van der Waals surface area contributed by atoms with Crippen molar-refractivity contribution in [1.29, 1.82) is 0 Å². The monoisotopic (exact) mass is 321 g/mol. The van der Waals surface area contributed by atoms with Gasteiger partial charge in [0.2, 0.25) is 0 Å². The first kappa shape index (κ1) is 17.8. The van der Waals surface area contributed by atoms with Crippen LogP contribution in [0.25, 0.3) is 0 Å². The van der Waals surface area contributed by atoms with Crippen LogP contribution >= 0.6 is 12.2 Å². The summed E-state index contributed by atoms with van der Waals surface area (Å²) in [6.45, 7) is 8.25. The number of nitrogens with two attached hydrogens (primary N) is 1. The van der Waals surface area contributed by atoms with Crippen LogP contribution in [-0.4, -0.2) is 48.2 Å². The Morgan fingerprint density at radius 2 is 2.15 bits per heavy atom. The van der Waals surface area contributed by atoms with E-state index >= 15 is 0 Å². The summed E-state index contributed by atoms with van der Waals surface area (Å²) in [7, 11) is -3.40. The Hall–Kier alpha value is -0.240. The molecule has 2 N–H and O–H groups in total. The molecule has 0 radical (unpaired) electrons. The fourth-order valence-corrected chi connectivity index (χ4v) is 4.49. The molecule has 0 aromatic rings. The highest BCUT2D eigenvalue weighted by molar-refractivity contribution is 7.86. The fourth-order valence-electron chi connectivity index (χ4n) is 2.46. The van der Waals surface area contributed by atoms with Gasteiger partial charge in [0.15, 0.2) is 0 Å². The molecule has 1 aliphatic rings. The highest BCUT2D eigenvalue weighted by Crippen LogP contribution is 2.21. The van der Waals surface area contributed by atoms with E-state index in [0.29, 0.717) is 43.5 Å². The smallest absolute Gasteiger partial charge is 0.282 e. The molecule has 5 nitrogen and oxygen atoms in total. The van der Waals surface area contributed by atoms with Gasteiger partial charge < -0.3 is 5.73 Å². The zero-order valence-corrected chi connectivity index (χ0v) is 14.3. The van der Waals surface area contributed by atoms with Crippen LogP contribution < -0.4 is 5.73 Å². The van der Waals surface area contributed by atoms with Crippen molar-refractivity contribution >= 4 is 27.4 Å². The molecular formula is C13H27N3O2S2. The van der Waals surface area contributed by atoms with Gasteiger partial charge in [-0.05, 0) is 24.7 Å². The van der Waals surface area contributed by atoms with Crippen molar-refractivity contribution < 1.29 is 8.42 Å². The summed E-state index contributed by atoms with van der Waals surface area (Å²) in [5, 5.41) is 0. The van der Waals surface area contributed by atoms with Crippen LogP contribution in [0.15, 0.2) is 0 Å². The van der Waals surface area contributed by atoms with Gasteiger partial charge in [0, 0.05) is 32.6 Å². The molecule has 1 unspecified atom stereocenters. The lowest BCUT2D eigenvalue weighted by atomic mass is 10.0. The van der Waals surface area contributed by atoms with Gasteiger partial charge in [-0.25, -0.2) is 0 Å². The maximum absolute atomic E-state index is 12.7. The van der Waals surface area contributed by atoms with Crippen molar-refractivity contribution in [2.24, 2.45) is 17.6 Å². The maximum atomic E-state index is 12.7. The SMILES string of the molecule is CC(C)CN(CCC(N)=S)S(=O)(=O)N1CCCC(C)C1. The highest BCUT2D eigenvalue weighted by Gasteiger charge is 2.32. The summed E-state index contributed by atoms with van der Waals surface area (Å²) in [4.78, 5) is 0.362. The average Bonchev–Trinajstić information content (AvgIpc) is 2.33. The Bertz CT molecular complexity index is 423. The molecule has 1 fully saturated rings. The molecule has 20 heavy (non-hydrogen) atoms. The van der Waals surface area contributed by atoms with E-state index in [-0.39, 0.29) is 5.92 Å². The number of hydrogen-bond acceptors (Lipinski definition) is 3. The second kappa shape index (κ2) is 7.68. The van der Waals surface area contributed by atoms with Gasteiger partial charge in [-0.3, -0.25) is 0 Å². The van der Waals surface area contributed by atoms with Crippen molar-refractivity contribution in [2.75, 3.05) is 26.2 Å². The summed E-state index contributed by atoms with van der Waals surface area (Å²) in [5.41, 5.74) is 5.51. The van der Waals surface area contributed by atoms with Gasteiger partial charge >= 0.3 is 0 Å². The second-order valence-corrected chi connectivity index (χ2v) is 8.53. The third-order valence-electron chi connectivity index (χ3n) is 3.45. The van der Waals surface area contributed by atoms with E-state index in [1.54, 1.807) is 4.31 Å². The molecule has 118 valence electrons. The predicted octanol–water partition coefficient (Wildman–Crippen LogP) is 1.60. The van der Waals surface area contributed by atoms with Gasteiger partial charge in [0.05, 0.1) is 4.99 Å². The van der Waals surface area contributed by atoms with Gasteiger partial charge in [0.25, 0.3) is 10.2 Å². The third kappa shape index (κ3) is 5.27. The molecule has 0 saturated carbocycles. The molecule has 0 aromatic carbocycles. The topological polar surface area (TPSA) is 66.6 Å². The largest absolute Gasteiger partial charge is 0.393 e. The van der Waals surface area contributed by atoms with Crippen LogP contribution in [0.1, 0.15) is 40.0 Å². The molecule has 7 heteroatoms. The van der Waals surface area contributed by atoms with E-state index in [0.717, 1.165) is 12.8 Å². The normalized spacial score (nSPS) is 21.6. The van der Waals surface area contributed by atoms with Crippen LogP contribution in [-0.2, 0) is 10.2 Å². The summed E-state index contributed by atoms with van der Waals surface area (Å²) < 4.78 is 28.6. The van der Waals surface area contributed by atoms with E-state index in [2.05, 4.69) is 6.92 Å². The van der Waals surface area contributed by atoms with Crippen molar-refractivity contribution in [2.45, 2.75) is 40.0 Å². The minimum atomic E-state index is -3.40. The minimum Gasteiger partial charge on any atom is -0.393 e. The lowest BCUT2D eigenvalue weighted by Gasteiger charge is -2.35. The maximum Gasteiger partial charge on any atom is 0.282 e. The standard InChI is InChI=1S/C13H27N3O2S2/c1-11(2)9-16(8-6-13(14)19)20(17,18)15-7-4-5-12(3)10-15/h11-12H,4-10H2,1-3H3,(H2,14,19). The molecule has 1 aliphatic heterocycles. The van der Waals surface area contributed by atoms with E-state index in [9.17, 15) is 8.42 Å². The molecule has 1 heterocycles. The summed E-state index contributed by atoms with van der Waals surface area (Å²) in [6.07, 6.45) is 2.47. The van der Waals surface area contributed by atoms with Crippen molar-refractivity contribution in [3.05, 3.63) is 0 Å². The zero-order chi connectivity index (χ0) is 15.3. The van der Waals surface area contributed by atoms with Crippen molar-refractivity contribution in [1.82, 2.24) is 8.61 Å². The fraction of sp³-hybridized carbons (Fsp3) is 0.923. The molecule has 0 spiro atoms. The number of piperidine rings is 1. The number of rotatable bonds is 7. The van der Waals surface area contributed by atoms with Crippen LogP contribution in [0, 0.1) is 11.8 Å². The van der Waals surface area contributed by atoms with Gasteiger partial charge in [0.1, 0.15) is 0 Å². The Morgan fingerprint density at radius 1 is 1.50 bits per heavy atom. The molecule has 1 atom stereocenters. The Balaban J connectivity index is 2.82. The summed E-state index contributed by atoms with van der Waals surface area (Å²) in [5.74, 6) is 0.702. The lowest BCUT2D eigenvalue weighted by Crippen LogP contribution is -2.49. The molecular weight excluding hydrogens is 294 g/mol. The van der Waals surface area contributed by atoms with Crippen molar-refractivity contribution in [3.8, 4) is 0 Å². The first-order valence-electron chi connectivity index (χ1n) is 7.27. The van der Waals surface area contributed by atoms with E-state index in [1.165, 1.54) is 4.31 Å². The summed E-state index contributed by atoms with van der Waals surface area (Å²) >= 11 is 4.87. The van der Waals surface area contributed by atoms with Gasteiger partial charge in [-0.1, -0.05) is 33.0 Å². The Kier molecular flexibility index (Phi) is 6.84. The Morgan fingerprint density at radius 3 is 2.65 bits per heavy atom. The van der Waals surface area contributed by atoms with Crippen LogP contribution in [0.3, 0.4) is 0 Å². The van der Waals surface area contributed by atoms with Crippen LogP contribution in [0.2, 0.25) is 0 Å². The average molecular weight is 322 g/mol. The quantitative estimate of drug-likeness (QED) is 0.723. The second-order valence-electron chi connectivity index (χ2n) is 6.08. The van der Waals surface area contributed by atoms with E-state index in [1.807, 2.05) is 13.8 Å². The predicted molar refractivity (Wildman–Crippen MR) is 86.7 cm³/mol. The van der Waals surface area contributed by atoms with Gasteiger partial charge in [-0.2, -0.15) is 17.0 Å². The molecule has 0 aliphatic carbocycles. The summed E-state index contributed by atoms with van der Waals surface area (Å²) in [6, 6.07) is 0. The van der Waals surface area contributed by atoms with Gasteiger partial charge in [-0.15, -0.1) is 0 Å². The van der Waals surface area contributed by atoms with Crippen LogP contribution in [0.4, 0.5) is 0 Å². The molecule has 0 bridgehead atoms. The number of hydrogen-bond donors (Lipinski definition) is 1. The molecule has 0 amide bonds. The minimum absolute atomic E-state index is 0.276. The first-order valence-corrected chi connectivity index (χ1v) is 9.07. The first-order chi connectivity index (χ1) is 9.23. The third-order valence-corrected chi connectivity index (χ3v) is 5.62. The van der Waals surface area contributed by atoms with Crippen molar-refractivity contribution in [3.63, 3.8) is 0 Å². The molecule has 1 saturated heterocycles. The lowest BCUT2D eigenvalue weighted by molar-refractivity contribution is 0.253. The van der Waals surface area contributed by atoms with E-state index < -0.39 is 10.2 Å².